The van der Waals surface area contributed by atoms with E-state index in [-0.39, 0.29) is 22.7 Å². The maximum Gasteiger partial charge on any atom is 0.329 e. The van der Waals surface area contributed by atoms with Crippen molar-refractivity contribution in [3.8, 4) is 0 Å². The van der Waals surface area contributed by atoms with Crippen molar-refractivity contribution < 1.29 is 18.0 Å². The number of amides is 2. The fraction of sp³-hybridized carbons (Fsp3) is 0.348. The number of sulfonamides is 1. The van der Waals surface area contributed by atoms with Crippen LogP contribution in [0.5, 0.6) is 0 Å². The Labute approximate surface area is 197 Å². The molecule has 0 bridgehead atoms. The van der Waals surface area contributed by atoms with Crippen LogP contribution in [0.15, 0.2) is 58.2 Å². The number of aryl methyl sites for hydroxylation is 1. The molecule has 0 unspecified atom stereocenters. The van der Waals surface area contributed by atoms with Crippen LogP contribution >= 0.6 is 0 Å². The van der Waals surface area contributed by atoms with Crippen LogP contribution in [0.2, 0.25) is 0 Å². The Bertz CT molecular complexity index is 1370. The van der Waals surface area contributed by atoms with Gasteiger partial charge in [0.2, 0.25) is 10.0 Å². The van der Waals surface area contributed by atoms with Crippen molar-refractivity contribution in [2.75, 3.05) is 13.1 Å². The maximum atomic E-state index is 12.8. The first-order chi connectivity index (χ1) is 16.3. The summed E-state index contributed by atoms with van der Waals surface area (Å²) in [5.74, 6) is -1.16. The largest absolute Gasteiger partial charge is 0.329 e. The van der Waals surface area contributed by atoms with E-state index in [1.165, 1.54) is 33.1 Å². The van der Waals surface area contributed by atoms with E-state index in [0.29, 0.717) is 25.2 Å². The molecule has 2 aromatic carbocycles. The van der Waals surface area contributed by atoms with Gasteiger partial charge in [0.05, 0.1) is 15.9 Å². The van der Waals surface area contributed by atoms with Gasteiger partial charge in [0.15, 0.2) is 0 Å². The molecule has 1 saturated heterocycles. The van der Waals surface area contributed by atoms with Crippen LogP contribution in [-0.2, 0) is 27.9 Å². The minimum absolute atomic E-state index is 0.123. The fourth-order valence-electron chi connectivity index (χ4n) is 4.10. The number of hydrazine groups is 1. The molecule has 1 aliphatic heterocycles. The lowest BCUT2D eigenvalue weighted by atomic mass is 10.2. The average Bonchev–Trinajstić information content (AvgIpc) is 3.47. The van der Waals surface area contributed by atoms with Crippen molar-refractivity contribution in [2.24, 2.45) is 0 Å². The van der Waals surface area contributed by atoms with Gasteiger partial charge in [0, 0.05) is 25.2 Å². The number of benzene rings is 2. The molecule has 2 heterocycles. The van der Waals surface area contributed by atoms with Gasteiger partial charge < -0.3 is 0 Å². The lowest BCUT2D eigenvalue weighted by molar-refractivity contribution is -0.122. The molecule has 0 atom stereocenters. The summed E-state index contributed by atoms with van der Waals surface area (Å²) in [5.41, 5.74) is 5.91. The number of carbonyl (C=O) groups is 2. The lowest BCUT2D eigenvalue weighted by Crippen LogP contribution is -2.44. The number of nitrogens with zero attached hydrogens (tertiary/aromatic N) is 3. The molecule has 2 amide bonds. The second-order valence-electron chi connectivity index (χ2n) is 8.15. The van der Waals surface area contributed by atoms with Gasteiger partial charge in [0.1, 0.15) is 6.54 Å². The van der Waals surface area contributed by atoms with Gasteiger partial charge in [-0.3, -0.25) is 29.6 Å². The van der Waals surface area contributed by atoms with Gasteiger partial charge in [-0.1, -0.05) is 19.1 Å². The molecule has 0 spiro atoms. The second kappa shape index (κ2) is 9.82. The summed E-state index contributed by atoms with van der Waals surface area (Å²) < 4.78 is 29.6. The first-order valence-electron chi connectivity index (χ1n) is 11.2. The highest BCUT2D eigenvalue weighted by atomic mass is 32.2. The van der Waals surface area contributed by atoms with Crippen LogP contribution in [-0.4, -0.2) is 46.8 Å². The molecule has 1 fully saturated rings. The van der Waals surface area contributed by atoms with Gasteiger partial charge >= 0.3 is 5.69 Å². The highest BCUT2D eigenvalue weighted by Gasteiger charge is 2.27. The van der Waals surface area contributed by atoms with E-state index in [0.717, 1.165) is 24.8 Å². The monoisotopic (exact) mass is 485 g/mol. The zero-order valence-corrected chi connectivity index (χ0v) is 19.7. The van der Waals surface area contributed by atoms with E-state index in [4.69, 9.17) is 0 Å². The van der Waals surface area contributed by atoms with Crippen molar-refractivity contribution >= 4 is 32.9 Å². The summed E-state index contributed by atoms with van der Waals surface area (Å²) in [4.78, 5) is 37.8. The van der Waals surface area contributed by atoms with Crippen molar-refractivity contribution in [3.05, 3.63) is 64.6 Å². The fourth-order valence-corrected chi connectivity index (χ4v) is 5.62. The first-order valence-corrected chi connectivity index (χ1v) is 12.6. The standard InChI is InChI=1S/C23H27N5O5S/c1-2-13-27-19-7-3-4-8-20(19)28(23(27)31)16-21(29)24-25-22(30)17-9-11-18(12-10-17)34(32,33)26-14-5-6-15-26/h3-4,7-12H,2,5-6,13-16H2,1H3,(H,24,29)(H,25,30). The molecular weight excluding hydrogens is 458 g/mol. The minimum Gasteiger partial charge on any atom is -0.292 e. The van der Waals surface area contributed by atoms with E-state index in [1.807, 2.05) is 19.1 Å². The molecule has 180 valence electrons. The van der Waals surface area contributed by atoms with Crippen molar-refractivity contribution in [1.82, 2.24) is 24.3 Å². The molecule has 3 aromatic rings. The topological polar surface area (TPSA) is 123 Å². The number of para-hydroxylation sites is 2. The number of hydrogen-bond donors (Lipinski definition) is 2. The Morgan fingerprint density at radius 2 is 1.53 bits per heavy atom. The van der Waals surface area contributed by atoms with E-state index < -0.39 is 21.8 Å². The summed E-state index contributed by atoms with van der Waals surface area (Å²) in [5, 5.41) is 0. The number of imidazole rings is 1. The van der Waals surface area contributed by atoms with Crippen molar-refractivity contribution in [3.63, 3.8) is 0 Å². The molecule has 1 aromatic heterocycles. The summed E-state index contributed by atoms with van der Waals surface area (Å²) in [6.45, 7) is 3.24. The molecule has 0 saturated carbocycles. The first kappa shape index (κ1) is 23.7. The summed E-state index contributed by atoms with van der Waals surface area (Å²) in [6.07, 6.45) is 2.45. The molecule has 2 N–H and O–H groups in total. The van der Waals surface area contributed by atoms with Crippen LogP contribution in [0.1, 0.15) is 36.5 Å². The molecule has 1 aliphatic rings. The summed E-state index contributed by atoms with van der Waals surface area (Å²) in [7, 11) is -3.57. The molecule has 10 nitrogen and oxygen atoms in total. The number of rotatable bonds is 7. The summed E-state index contributed by atoms with van der Waals surface area (Å²) >= 11 is 0. The Morgan fingerprint density at radius 3 is 2.15 bits per heavy atom. The normalized spacial score (nSPS) is 14.4. The second-order valence-corrected chi connectivity index (χ2v) is 10.1. The van der Waals surface area contributed by atoms with Crippen LogP contribution in [0.4, 0.5) is 0 Å². The van der Waals surface area contributed by atoms with Gasteiger partial charge in [-0.15, -0.1) is 0 Å². The highest BCUT2D eigenvalue weighted by Crippen LogP contribution is 2.21. The van der Waals surface area contributed by atoms with Gasteiger partial charge in [-0.2, -0.15) is 4.31 Å². The molecule has 0 radical (unpaired) electrons. The van der Waals surface area contributed by atoms with Gasteiger partial charge in [0.25, 0.3) is 11.8 Å². The van der Waals surface area contributed by atoms with Crippen LogP contribution in [0.25, 0.3) is 11.0 Å². The number of fused-ring (bicyclic) bond motifs is 1. The van der Waals surface area contributed by atoms with E-state index >= 15 is 0 Å². The average molecular weight is 486 g/mol. The molecule has 11 heteroatoms. The molecular formula is C23H27N5O5S. The van der Waals surface area contributed by atoms with Gasteiger partial charge in [-0.05, 0) is 55.7 Å². The smallest absolute Gasteiger partial charge is 0.292 e. The third kappa shape index (κ3) is 4.62. The Hall–Kier alpha value is -3.44. The van der Waals surface area contributed by atoms with Crippen molar-refractivity contribution in [2.45, 2.75) is 44.2 Å². The minimum atomic E-state index is -3.57. The third-order valence-electron chi connectivity index (χ3n) is 5.81. The van der Waals surface area contributed by atoms with Crippen molar-refractivity contribution in [1.29, 1.82) is 0 Å². The molecule has 0 aliphatic carbocycles. The molecule has 4 rings (SSSR count). The number of aromatic nitrogens is 2. The van der Waals surface area contributed by atoms with E-state index in [9.17, 15) is 22.8 Å². The maximum absolute atomic E-state index is 12.8. The zero-order valence-electron chi connectivity index (χ0n) is 18.9. The van der Waals surface area contributed by atoms with E-state index in [1.54, 1.807) is 16.7 Å². The van der Waals surface area contributed by atoms with Crippen LogP contribution < -0.4 is 16.5 Å². The number of carbonyl (C=O) groups excluding carboxylic acids is 2. The zero-order chi connectivity index (χ0) is 24.3. The number of nitrogens with one attached hydrogen (secondary N) is 2. The van der Waals surface area contributed by atoms with E-state index in [2.05, 4.69) is 10.9 Å². The third-order valence-corrected chi connectivity index (χ3v) is 7.72. The van der Waals surface area contributed by atoms with Crippen LogP contribution in [0.3, 0.4) is 0 Å². The predicted molar refractivity (Wildman–Crippen MR) is 127 cm³/mol. The SMILES string of the molecule is CCCn1c(=O)n(CC(=O)NNC(=O)c2ccc(S(=O)(=O)N3CCCC3)cc2)c2ccccc21. The van der Waals surface area contributed by atoms with Gasteiger partial charge in [-0.25, -0.2) is 13.2 Å². The van der Waals surface area contributed by atoms with Crippen LogP contribution in [0, 0.1) is 0 Å². The highest BCUT2D eigenvalue weighted by molar-refractivity contribution is 7.89. The predicted octanol–water partition coefficient (Wildman–Crippen LogP) is 1.46. The Kier molecular flexibility index (Phi) is 6.85. The lowest BCUT2D eigenvalue weighted by Gasteiger charge is -2.15. The Morgan fingerprint density at radius 1 is 0.912 bits per heavy atom. The Balaban J connectivity index is 1.41. The number of hydrogen-bond acceptors (Lipinski definition) is 5. The molecule has 34 heavy (non-hydrogen) atoms. The quantitative estimate of drug-likeness (QED) is 0.491. The summed E-state index contributed by atoms with van der Waals surface area (Å²) in [6, 6.07) is 12.8.